The summed E-state index contributed by atoms with van der Waals surface area (Å²) in [7, 11) is 2.15. The predicted octanol–water partition coefficient (Wildman–Crippen LogP) is 5.46. The van der Waals surface area contributed by atoms with Crippen molar-refractivity contribution in [2.75, 3.05) is 38.5 Å². The van der Waals surface area contributed by atoms with Crippen molar-refractivity contribution in [3.63, 3.8) is 0 Å². The fraction of sp³-hybridized carbons (Fsp3) is 0.192. The van der Waals surface area contributed by atoms with Crippen molar-refractivity contribution in [1.82, 2.24) is 19.2 Å². The van der Waals surface area contributed by atoms with Crippen molar-refractivity contribution >= 4 is 46.2 Å². The molecule has 1 fully saturated rings. The number of carbonyl (C=O) groups is 1. The molecule has 4 aromatic rings. The molecular weight excluding hydrogens is 466 g/mol. The molecule has 0 atom stereocenters. The SMILES string of the molecule is CN1CCN(Sc2ccc(C(=O)Nc3ccc(Cl)c(-c4cnc5ccccc5n4)c3)cc2)CC1. The monoisotopic (exact) mass is 489 g/mol. The summed E-state index contributed by atoms with van der Waals surface area (Å²) in [4.78, 5) is 25.5. The lowest BCUT2D eigenvalue weighted by Crippen LogP contribution is -2.40. The molecule has 1 aliphatic heterocycles. The molecule has 0 radical (unpaired) electrons. The van der Waals surface area contributed by atoms with Crippen molar-refractivity contribution in [2.24, 2.45) is 0 Å². The van der Waals surface area contributed by atoms with Gasteiger partial charge >= 0.3 is 0 Å². The van der Waals surface area contributed by atoms with Crippen LogP contribution in [0.15, 0.2) is 77.8 Å². The average Bonchev–Trinajstić information content (AvgIpc) is 2.87. The van der Waals surface area contributed by atoms with Crippen molar-refractivity contribution < 1.29 is 4.79 Å². The number of fused-ring (bicyclic) bond motifs is 1. The number of rotatable bonds is 5. The number of hydrogen-bond acceptors (Lipinski definition) is 6. The lowest BCUT2D eigenvalue weighted by molar-refractivity contribution is 0.102. The number of piperazine rings is 1. The van der Waals surface area contributed by atoms with E-state index in [2.05, 4.69) is 31.5 Å². The summed E-state index contributed by atoms with van der Waals surface area (Å²) >= 11 is 8.19. The number of nitrogens with one attached hydrogen (secondary N) is 1. The van der Waals surface area contributed by atoms with E-state index in [4.69, 9.17) is 11.6 Å². The van der Waals surface area contributed by atoms with Crippen LogP contribution in [0.1, 0.15) is 10.4 Å². The topological polar surface area (TPSA) is 61.4 Å². The molecule has 1 aromatic heterocycles. The van der Waals surface area contributed by atoms with E-state index in [-0.39, 0.29) is 5.91 Å². The van der Waals surface area contributed by atoms with Crippen molar-refractivity contribution in [3.8, 4) is 11.3 Å². The van der Waals surface area contributed by atoms with Crippen LogP contribution in [-0.2, 0) is 0 Å². The third-order valence-electron chi connectivity index (χ3n) is 5.76. The Hall–Kier alpha value is -2.97. The van der Waals surface area contributed by atoms with E-state index >= 15 is 0 Å². The van der Waals surface area contributed by atoms with Gasteiger partial charge in [-0.25, -0.2) is 9.29 Å². The zero-order valence-corrected chi connectivity index (χ0v) is 20.3. The summed E-state index contributed by atoms with van der Waals surface area (Å²) < 4.78 is 2.36. The molecule has 0 spiro atoms. The van der Waals surface area contributed by atoms with E-state index in [9.17, 15) is 4.79 Å². The Balaban J connectivity index is 1.29. The Kier molecular flexibility index (Phi) is 6.78. The number of likely N-dealkylation sites (N-methyl/N-ethyl adjacent to an activating group) is 1. The molecule has 0 unspecified atom stereocenters. The zero-order valence-electron chi connectivity index (χ0n) is 18.7. The molecular formula is C26H24ClN5OS. The molecule has 1 aliphatic rings. The second kappa shape index (κ2) is 10.1. The lowest BCUT2D eigenvalue weighted by atomic mass is 10.1. The van der Waals surface area contributed by atoms with Gasteiger partial charge in [0.1, 0.15) is 0 Å². The summed E-state index contributed by atoms with van der Waals surface area (Å²) in [5.41, 5.74) is 4.24. The minimum absolute atomic E-state index is 0.172. The number of carbonyl (C=O) groups excluding carboxylic acids is 1. The maximum atomic E-state index is 12.9. The van der Waals surface area contributed by atoms with E-state index in [1.54, 1.807) is 30.3 Å². The Morgan fingerprint density at radius 3 is 2.47 bits per heavy atom. The number of nitrogens with zero attached hydrogens (tertiary/aromatic N) is 4. The molecule has 3 aromatic carbocycles. The molecule has 0 bridgehead atoms. The quantitative estimate of drug-likeness (QED) is 0.376. The summed E-state index contributed by atoms with van der Waals surface area (Å²) in [5.74, 6) is -0.172. The van der Waals surface area contributed by atoms with Gasteiger partial charge in [-0.2, -0.15) is 0 Å². The second-order valence-electron chi connectivity index (χ2n) is 8.24. The van der Waals surface area contributed by atoms with Crippen molar-refractivity contribution in [3.05, 3.63) is 83.5 Å². The van der Waals surface area contributed by atoms with Gasteiger partial charge in [0.25, 0.3) is 5.91 Å². The highest BCUT2D eigenvalue weighted by atomic mass is 35.5. The minimum Gasteiger partial charge on any atom is -0.322 e. The van der Waals surface area contributed by atoms with Gasteiger partial charge in [0.2, 0.25) is 0 Å². The maximum absolute atomic E-state index is 12.9. The van der Waals surface area contributed by atoms with Crippen LogP contribution in [-0.4, -0.2) is 58.3 Å². The Morgan fingerprint density at radius 2 is 1.71 bits per heavy atom. The number of benzene rings is 3. The van der Waals surface area contributed by atoms with E-state index in [1.807, 2.05) is 54.6 Å². The highest BCUT2D eigenvalue weighted by Crippen LogP contribution is 2.30. The smallest absolute Gasteiger partial charge is 0.255 e. The molecule has 2 heterocycles. The standard InChI is InChI=1S/C26H24ClN5OS/c1-31-12-14-32(15-13-31)34-20-9-6-18(7-10-20)26(33)29-19-8-11-22(27)21(16-19)25-17-28-23-4-2-3-5-24(23)30-25/h2-11,16-17H,12-15H2,1H3,(H,29,33). The number of anilines is 1. The molecule has 0 saturated carbocycles. The van der Waals surface area contributed by atoms with Gasteiger partial charge < -0.3 is 10.2 Å². The lowest BCUT2D eigenvalue weighted by Gasteiger charge is -2.31. The molecule has 34 heavy (non-hydrogen) atoms. The fourth-order valence-electron chi connectivity index (χ4n) is 3.79. The van der Waals surface area contributed by atoms with Crippen LogP contribution in [0.5, 0.6) is 0 Å². The third kappa shape index (κ3) is 5.23. The first-order valence-electron chi connectivity index (χ1n) is 11.1. The Labute approximate surface area is 208 Å². The van der Waals surface area contributed by atoms with Crippen LogP contribution in [0.2, 0.25) is 5.02 Å². The first kappa shape index (κ1) is 22.8. The first-order chi connectivity index (χ1) is 16.5. The van der Waals surface area contributed by atoms with Gasteiger partial charge in [-0.3, -0.25) is 9.78 Å². The normalized spacial score (nSPS) is 14.9. The first-order valence-corrected chi connectivity index (χ1v) is 12.2. The second-order valence-corrected chi connectivity index (χ2v) is 9.82. The van der Waals surface area contributed by atoms with Gasteiger partial charge in [-0.15, -0.1) is 0 Å². The molecule has 6 nitrogen and oxygen atoms in total. The van der Waals surface area contributed by atoms with Crippen LogP contribution >= 0.6 is 23.5 Å². The molecule has 8 heteroatoms. The Morgan fingerprint density at radius 1 is 0.971 bits per heavy atom. The van der Waals surface area contributed by atoms with Gasteiger partial charge in [0.05, 0.1) is 27.9 Å². The fourth-order valence-corrected chi connectivity index (χ4v) is 4.90. The summed E-state index contributed by atoms with van der Waals surface area (Å²) in [6.45, 7) is 4.20. The highest BCUT2D eigenvalue weighted by molar-refractivity contribution is 7.97. The molecule has 172 valence electrons. The van der Waals surface area contributed by atoms with E-state index in [0.717, 1.165) is 47.7 Å². The maximum Gasteiger partial charge on any atom is 0.255 e. The van der Waals surface area contributed by atoms with E-state index in [0.29, 0.717) is 22.0 Å². The number of halogens is 1. The van der Waals surface area contributed by atoms with Crippen LogP contribution in [0, 0.1) is 0 Å². The largest absolute Gasteiger partial charge is 0.322 e. The van der Waals surface area contributed by atoms with E-state index < -0.39 is 0 Å². The number of amides is 1. The highest BCUT2D eigenvalue weighted by Gasteiger charge is 2.15. The van der Waals surface area contributed by atoms with Crippen molar-refractivity contribution in [1.29, 1.82) is 0 Å². The Bertz CT molecular complexity index is 1320. The number of aromatic nitrogens is 2. The summed E-state index contributed by atoms with van der Waals surface area (Å²) in [5, 5.41) is 3.52. The average molecular weight is 490 g/mol. The van der Waals surface area contributed by atoms with Gasteiger partial charge in [0, 0.05) is 47.9 Å². The van der Waals surface area contributed by atoms with Crippen molar-refractivity contribution in [2.45, 2.75) is 4.90 Å². The summed E-state index contributed by atoms with van der Waals surface area (Å²) in [6, 6.07) is 20.8. The molecule has 5 rings (SSSR count). The summed E-state index contributed by atoms with van der Waals surface area (Å²) in [6.07, 6.45) is 1.70. The van der Waals surface area contributed by atoms with Gasteiger partial charge in [-0.1, -0.05) is 23.7 Å². The third-order valence-corrected chi connectivity index (χ3v) is 7.20. The van der Waals surface area contributed by atoms with Gasteiger partial charge in [0.15, 0.2) is 0 Å². The van der Waals surface area contributed by atoms with Crippen LogP contribution in [0.25, 0.3) is 22.3 Å². The zero-order chi connectivity index (χ0) is 23.5. The molecule has 1 saturated heterocycles. The van der Waals surface area contributed by atoms with E-state index in [1.165, 1.54) is 0 Å². The van der Waals surface area contributed by atoms with Crippen LogP contribution in [0.4, 0.5) is 5.69 Å². The van der Waals surface area contributed by atoms with Crippen LogP contribution in [0.3, 0.4) is 0 Å². The number of hydrogen-bond donors (Lipinski definition) is 1. The van der Waals surface area contributed by atoms with Gasteiger partial charge in [-0.05, 0) is 73.6 Å². The minimum atomic E-state index is -0.172. The molecule has 0 aliphatic carbocycles. The molecule has 1 N–H and O–H groups in total. The molecule has 1 amide bonds. The predicted molar refractivity (Wildman–Crippen MR) is 139 cm³/mol. The van der Waals surface area contributed by atoms with Crippen LogP contribution < -0.4 is 5.32 Å². The number of para-hydroxylation sites is 2.